The molecule has 1 N–H and O–H groups in total. The molecule has 0 aliphatic carbocycles. The number of rotatable bonds is 2. The Kier molecular flexibility index (Phi) is 3.17. The van der Waals surface area contributed by atoms with Gasteiger partial charge in [0.1, 0.15) is 11.9 Å². The predicted molar refractivity (Wildman–Crippen MR) is 65.9 cm³/mol. The molecular weight excluding hydrogens is 226 g/mol. The highest BCUT2D eigenvalue weighted by Gasteiger charge is 2.02. The van der Waals surface area contributed by atoms with Gasteiger partial charge in [-0.3, -0.25) is 0 Å². The van der Waals surface area contributed by atoms with Gasteiger partial charge in [0.05, 0.1) is 24.0 Å². The van der Waals surface area contributed by atoms with Crippen LogP contribution >= 0.6 is 0 Å². The van der Waals surface area contributed by atoms with E-state index in [1.54, 1.807) is 12.1 Å². The summed E-state index contributed by atoms with van der Waals surface area (Å²) < 4.78 is 0. The number of benzene rings is 1. The number of aromatic nitrogens is 2. The molecule has 0 saturated carbocycles. The van der Waals surface area contributed by atoms with Gasteiger partial charge in [0, 0.05) is 5.69 Å². The third-order valence-corrected chi connectivity index (χ3v) is 2.40. The average Bonchev–Trinajstić information content (AvgIpc) is 2.42. The molecule has 1 heterocycles. The first kappa shape index (κ1) is 11.6. The Hall–Kier alpha value is -2.92. The molecule has 0 spiro atoms. The number of nitrogens with one attached hydrogen (secondary N) is 1. The lowest BCUT2D eigenvalue weighted by atomic mass is 10.1. The zero-order chi connectivity index (χ0) is 13.0. The van der Waals surface area contributed by atoms with E-state index >= 15 is 0 Å². The van der Waals surface area contributed by atoms with Crippen LogP contribution in [0.2, 0.25) is 0 Å². The quantitative estimate of drug-likeness (QED) is 0.862. The molecule has 0 aliphatic rings. The maximum Gasteiger partial charge on any atom is 0.158 e. The standard InChI is InChI=1S/C13H9N5/c1-9-2-3-10(5-14)4-12(9)18-13-8-16-11(6-15)7-17-13/h2-4,7-8H,1H3,(H,17,18). The van der Waals surface area contributed by atoms with E-state index in [2.05, 4.69) is 21.4 Å². The summed E-state index contributed by atoms with van der Waals surface area (Å²) in [5.74, 6) is 0.534. The molecule has 0 saturated heterocycles. The normalized spacial score (nSPS) is 9.28. The molecule has 0 bridgehead atoms. The van der Waals surface area contributed by atoms with Crippen molar-refractivity contribution < 1.29 is 0 Å². The van der Waals surface area contributed by atoms with E-state index in [0.29, 0.717) is 11.4 Å². The molecule has 0 unspecified atom stereocenters. The van der Waals surface area contributed by atoms with Gasteiger partial charge in [0.2, 0.25) is 0 Å². The van der Waals surface area contributed by atoms with Crippen LogP contribution < -0.4 is 5.32 Å². The molecule has 0 atom stereocenters. The van der Waals surface area contributed by atoms with Crippen LogP contribution in [-0.2, 0) is 0 Å². The number of hydrogen-bond acceptors (Lipinski definition) is 5. The highest BCUT2D eigenvalue weighted by Crippen LogP contribution is 2.20. The van der Waals surface area contributed by atoms with Gasteiger partial charge in [-0.2, -0.15) is 10.5 Å². The van der Waals surface area contributed by atoms with Gasteiger partial charge in [0.25, 0.3) is 0 Å². The maximum atomic E-state index is 8.85. The van der Waals surface area contributed by atoms with Crippen molar-refractivity contribution in [2.45, 2.75) is 6.92 Å². The third-order valence-electron chi connectivity index (χ3n) is 2.40. The molecule has 0 radical (unpaired) electrons. The van der Waals surface area contributed by atoms with Crippen LogP contribution in [0.1, 0.15) is 16.8 Å². The summed E-state index contributed by atoms with van der Waals surface area (Å²) >= 11 is 0. The lowest BCUT2D eigenvalue weighted by Crippen LogP contribution is -1.97. The highest BCUT2D eigenvalue weighted by molar-refractivity contribution is 5.62. The van der Waals surface area contributed by atoms with Crippen LogP contribution in [0.4, 0.5) is 11.5 Å². The maximum absolute atomic E-state index is 8.85. The van der Waals surface area contributed by atoms with Crippen molar-refractivity contribution in [3.63, 3.8) is 0 Å². The minimum atomic E-state index is 0.267. The fraction of sp³-hybridized carbons (Fsp3) is 0.0769. The Morgan fingerprint density at radius 1 is 1.11 bits per heavy atom. The predicted octanol–water partition coefficient (Wildman–Crippen LogP) is 2.27. The van der Waals surface area contributed by atoms with Gasteiger partial charge < -0.3 is 5.32 Å². The second-order valence-electron chi connectivity index (χ2n) is 3.67. The van der Waals surface area contributed by atoms with Crippen LogP contribution in [0.25, 0.3) is 0 Å². The molecular formula is C13H9N5. The summed E-state index contributed by atoms with van der Waals surface area (Å²) in [6.45, 7) is 1.93. The van der Waals surface area contributed by atoms with Crippen LogP contribution in [0.5, 0.6) is 0 Å². The fourth-order valence-corrected chi connectivity index (χ4v) is 1.41. The topological polar surface area (TPSA) is 85.4 Å². The number of hydrogen-bond donors (Lipinski definition) is 1. The zero-order valence-electron chi connectivity index (χ0n) is 9.68. The summed E-state index contributed by atoms with van der Waals surface area (Å²) in [7, 11) is 0. The van der Waals surface area contributed by atoms with Crippen molar-refractivity contribution in [1.82, 2.24) is 9.97 Å². The lowest BCUT2D eigenvalue weighted by molar-refractivity contribution is 1.16. The van der Waals surface area contributed by atoms with Crippen molar-refractivity contribution in [2.24, 2.45) is 0 Å². The minimum absolute atomic E-state index is 0.267. The molecule has 5 nitrogen and oxygen atoms in total. The first-order valence-corrected chi connectivity index (χ1v) is 5.23. The summed E-state index contributed by atoms with van der Waals surface area (Å²) in [5, 5.41) is 20.5. The van der Waals surface area contributed by atoms with E-state index in [1.165, 1.54) is 12.4 Å². The largest absolute Gasteiger partial charge is 0.339 e. The summed E-state index contributed by atoms with van der Waals surface area (Å²) in [6.07, 6.45) is 2.88. The van der Waals surface area contributed by atoms with Gasteiger partial charge in [-0.25, -0.2) is 9.97 Å². The van der Waals surface area contributed by atoms with Crippen LogP contribution in [-0.4, -0.2) is 9.97 Å². The van der Waals surface area contributed by atoms with Crippen LogP contribution in [0, 0.1) is 29.6 Å². The highest BCUT2D eigenvalue weighted by atomic mass is 15.0. The van der Waals surface area contributed by atoms with E-state index in [-0.39, 0.29) is 5.69 Å². The van der Waals surface area contributed by atoms with Gasteiger partial charge in [-0.05, 0) is 24.6 Å². The first-order valence-electron chi connectivity index (χ1n) is 5.23. The Balaban J connectivity index is 2.28. The third kappa shape index (κ3) is 2.42. The van der Waals surface area contributed by atoms with E-state index in [4.69, 9.17) is 10.5 Å². The second-order valence-corrected chi connectivity index (χ2v) is 3.67. The molecule has 2 aromatic rings. The first-order chi connectivity index (χ1) is 8.72. The molecule has 0 aliphatic heterocycles. The molecule has 1 aromatic heterocycles. The minimum Gasteiger partial charge on any atom is -0.339 e. The van der Waals surface area contributed by atoms with Crippen molar-refractivity contribution in [3.05, 3.63) is 47.4 Å². The molecule has 18 heavy (non-hydrogen) atoms. The lowest BCUT2D eigenvalue weighted by Gasteiger charge is -2.08. The number of nitrogens with zero attached hydrogens (tertiary/aromatic N) is 4. The van der Waals surface area contributed by atoms with E-state index in [9.17, 15) is 0 Å². The number of aryl methyl sites for hydroxylation is 1. The van der Waals surface area contributed by atoms with E-state index in [0.717, 1.165) is 11.3 Å². The molecule has 5 heteroatoms. The molecule has 0 amide bonds. The second kappa shape index (κ2) is 4.94. The van der Waals surface area contributed by atoms with E-state index in [1.807, 2.05) is 19.1 Å². The van der Waals surface area contributed by atoms with Gasteiger partial charge >= 0.3 is 0 Å². The Morgan fingerprint density at radius 2 is 1.94 bits per heavy atom. The number of nitriles is 2. The van der Waals surface area contributed by atoms with Crippen molar-refractivity contribution >= 4 is 11.5 Å². The molecule has 2 rings (SSSR count). The van der Waals surface area contributed by atoms with E-state index < -0.39 is 0 Å². The Bertz CT molecular complexity index is 647. The fourth-order valence-electron chi connectivity index (χ4n) is 1.41. The van der Waals surface area contributed by atoms with Crippen molar-refractivity contribution in [3.8, 4) is 12.1 Å². The molecule has 86 valence electrons. The van der Waals surface area contributed by atoms with Gasteiger partial charge in [-0.1, -0.05) is 6.07 Å². The zero-order valence-corrected chi connectivity index (χ0v) is 9.68. The summed E-state index contributed by atoms with van der Waals surface area (Å²) in [6, 6.07) is 9.34. The van der Waals surface area contributed by atoms with Crippen LogP contribution in [0.15, 0.2) is 30.6 Å². The average molecular weight is 235 g/mol. The molecule has 1 aromatic carbocycles. The van der Waals surface area contributed by atoms with Crippen LogP contribution in [0.3, 0.4) is 0 Å². The Labute approximate surface area is 104 Å². The van der Waals surface area contributed by atoms with Gasteiger partial charge in [0.15, 0.2) is 5.69 Å². The van der Waals surface area contributed by atoms with Gasteiger partial charge in [-0.15, -0.1) is 0 Å². The molecule has 0 fully saturated rings. The number of anilines is 2. The van der Waals surface area contributed by atoms with Crippen molar-refractivity contribution in [2.75, 3.05) is 5.32 Å². The monoisotopic (exact) mass is 235 g/mol. The summed E-state index contributed by atoms with van der Waals surface area (Å²) in [5.41, 5.74) is 2.64. The summed E-state index contributed by atoms with van der Waals surface area (Å²) in [4.78, 5) is 7.98. The SMILES string of the molecule is Cc1ccc(C#N)cc1Nc1cnc(C#N)cn1. The van der Waals surface area contributed by atoms with Crippen molar-refractivity contribution in [1.29, 1.82) is 10.5 Å². The Morgan fingerprint density at radius 3 is 2.56 bits per heavy atom. The smallest absolute Gasteiger partial charge is 0.158 e.